The largest absolute Gasteiger partial charge is 0.469 e. The molecule has 0 fully saturated rings. The fraction of sp³-hybridized carbons (Fsp3) is 0.364. The third-order valence-electron chi connectivity index (χ3n) is 2.24. The number of benzene rings is 1. The maximum absolute atomic E-state index is 11.4. The predicted octanol–water partition coefficient (Wildman–Crippen LogP) is 3.62. The first-order valence-corrected chi connectivity index (χ1v) is 6.43. The van der Waals surface area contributed by atoms with Crippen LogP contribution in [0.15, 0.2) is 22.7 Å². The first-order valence-electron chi connectivity index (χ1n) is 4.52. The highest BCUT2D eigenvalue weighted by atomic mass is 79.9. The van der Waals surface area contributed by atoms with Gasteiger partial charge in [-0.15, -0.1) is 0 Å². The van der Waals surface area contributed by atoms with Crippen molar-refractivity contribution in [3.05, 3.63) is 33.8 Å². The molecule has 15 heavy (non-hydrogen) atoms. The van der Waals surface area contributed by atoms with Gasteiger partial charge in [0.1, 0.15) is 0 Å². The van der Waals surface area contributed by atoms with E-state index in [2.05, 4.69) is 31.9 Å². The van der Waals surface area contributed by atoms with Gasteiger partial charge in [0.05, 0.1) is 13.0 Å². The molecule has 0 saturated carbocycles. The van der Waals surface area contributed by atoms with Crippen molar-refractivity contribution in [2.75, 3.05) is 7.11 Å². The van der Waals surface area contributed by atoms with E-state index in [-0.39, 0.29) is 11.9 Å². The van der Waals surface area contributed by atoms with Gasteiger partial charge in [-0.05, 0) is 24.1 Å². The minimum absolute atomic E-state index is 0.220. The maximum Gasteiger partial charge on any atom is 0.312 e. The fourth-order valence-electron chi connectivity index (χ4n) is 1.31. The highest BCUT2D eigenvalue weighted by Gasteiger charge is 2.18. The van der Waals surface area contributed by atoms with E-state index >= 15 is 0 Å². The number of methoxy groups -OCH3 is 1. The number of alkyl halides is 1. The number of halogens is 2. The zero-order chi connectivity index (χ0) is 11.4. The van der Waals surface area contributed by atoms with Gasteiger partial charge < -0.3 is 4.74 Å². The summed E-state index contributed by atoms with van der Waals surface area (Å²) in [6.45, 7) is 1.83. The van der Waals surface area contributed by atoms with Crippen molar-refractivity contribution >= 4 is 37.8 Å². The van der Waals surface area contributed by atoms with Crippen molar-refractivity contribution in [2.24, 2.45) is 0 Å². The third-order valence-corrected chi connectivity index (χ3v) is 3.57. The van der Waals surface area contributed by atoms with Crippen molar-refractivity contribution in [3.8, 4) is 0 Å². The molecule has 0 N–H and O–H groups in total. The van der Waals surface area contributed by atoms with E-state index in [4.69, 9.17) is 4.74 Å². The first-order chi connectivity index (χ1) is 7.10. The summed E-state index contributed by atoms with van der Waals surface area (Å²) >= 11 is 6.84. The summed E-state index contributed by atoms with van der Waals surface area (Å²) in [6.07, 6.45) is 0. The van der Waals surface area contributed by atoms with Crippen molar-refractivity contribution in [1.29, 1.82) is 0 Å². The van der Waals surface area contributed by atoms with Crippen molar-refractivity contribution < 1.29 is 9.53 Å². The Morgan fingerprint density at radius 2 is 2.20 bits per heavy atom. The van der Waals surface area contributed by atoms with Gasteiger partial charge in [-0.3, -0.25) is 4.79 Å². The van der Waals surface area contributed by atoms with E-state index in [0.717, 1.165) is 15.4 Å². The smallest absolute Gasteiger partial charge is 0.312 e. The van der Waals surface area contributed by atoms with Gasteiger partial charge in [0.15, 0.2) is 0 Å². The molecule has 1 atom stereocenters. The molecule has 1 aromatic rings. The summed E-state index contributed by atoms with van der Waals surface area (Å²) in [4.78, 5) is 11.4. The van der Waals surface area contributed by atoms with Crippen LogP contribution in [0, 0.1) is 0 Å². The lowest BCUT2D eigenvalue weighted by atomic mass is 10.0. The third kappa shape index (κ3) is 3.05. The van der Waals surface area contributed by atoms with E-state index in [0.29, 0.717) is 0 Å². The Hall–Kier alpha value is -0.350. The summed E-state index contributed by atoms with van der Waals surface area (Å²) in [6, 6.07) is 5.94. The number of esters is 1. The normalized spacial score (nSPS) is 12.3. The molecule has 0 aliphatic rings. The van der Waals surface area contributed by atoms with Crippen molar-refractivity contribution in [3.63, 3.8) is 0 Å². The number of carbonyl (C=O) groups excluding carboxylic acids is 1. The Labute approximate surface area is 106 Å². The minimum Gasteiger partial charge on any atom is -0.469 e. The van der Waals surface area contributed by atoms with Gasteiger partial charge in [-0.1, -0.05) is 44.0 Å². The first kappa shape index (κ1) is 12.7. The van der Waals surface area contributed by atoms with Gasteiger partial charge in [0, 0.05) is 9.80 Å². The van der Waals surface area contributed by atoms with Crippen LogP contribution in [0.3, 0.4) is 0 Å². The zero-order valence-electron chi connectivity index (χ0n) is 8.59. The topological polar surface area (TPSA) is 26.3 Å². The Bertz CT molecular complexity index is 364. The monoisotopic (exact) mass is 334 g/mol. The molecule has 82 valence electrons. The molecular formula is C11H12Br2O2. The second-order valence-electron chi connectivity index (χ2n) is 3.23. The van der Waals surface area contributed by atoms with E-state index in [1.807, 2.05) is 25.1 Å². The number of carbonyl (C=O) groups is 1. The van der Waals surface area contributed by atoms with E-state index in [9.17, 15) is 4.79 Å². The van der Waals surface area contributed by atoms with Gasteiger partial charge in [0.25, 0.3) is 0 Å². The molecule has 0 radical (unpaired) electrons. The van der Waals surface area contributed by atoms with Crippen LogP contribution < -0.4 is 0 Å². The van der Waals surface area contributed by atoms with Gasteiger partial charge in [-0.25, -0.2) is 0 Å². The van der Waals surface area contributed by atoms with Crippen LogP contribution in [0.25, 0.3) is 0 Å². The molecule has 1 unspecified atom stereocenters. The van der Waals surface area contributed by atoms with Crippen LogP contribution in [-0.2, 0) is 14.9 Å². The highest BCUT2D eigenvalue weighted by Crippen LogP contribution is 2.27. The van der Waals surface area contributed by atoms with Gasteiger partial charge in [-0.2, -0.15) is 0 Å². The lowest BCUT2D eigenvalue weighted by Gasteiger charge is -2.12. The molecule has 0 aliphatic heterocycles. The SMILES string of the molecule is COC(=O)C(C)c1ccc(CBr)cc1Br. The second kappa shape index (κ2) is 5.66. The molecule has 0 heterocycles. The van der Waals surface area contributed by atoms with E-state index in [1.165, 1.54) is 12.7 Å². The Morgan fingerprint density at radius 3 is 2.67 bits per heavy atom. The van der Waals surface area contributed by atoms with Crippen LogP contribution >= 0.6 is 31.9 Å². The maximum atomic E-state index is 11.4. The summed E-state index contributed by atoms with van der Waals surface area (Å²) < 4.78 is 5.65. The van der Waals surface area contributed by atoms with Crippen LogP contribution in [0.4, 0.5) is 0 Å². The van der Waals surface area contributed by atoms with Gasteiger partial charge >= 0.3 is 5.97 Å². The quantitative estimate of drug-likeness (QED) is 0.623. The minimum atomic E-state index is -0.242. The molecule has 1 rings (SSSR count). The van der Waals surface area contributed by atoms with E-state index < -0.39 is 0 Å². The molecule has 0 amide bonds. The van der Waals surface area contributed by atoms with Crippen LogP contribution in [-0.4, -0.2) is 13.1 Å². The Morgan fingerprint density at radius 1 is 1.53 bits per heavy atom. The Kier molecular flexibility index (Phi) is 4.80. The average Bonchev–Trinajstić information content (AvgIpc) is 2.26. The predicted molar refractivity (Wildman–Crippen MR) is 67.2 cm³/mol. The molecule has 0 saturated heterocycles. The van der Waals surface area contributed by atoms with E-state index in [1.54, 1.807) is 0 Å². The standard InChI is InChI=1S/C11H12Br2O2/c1-7(11(14)15-2)9-4-3-8(6-12)5-10(9)13/h3-5,7H,6H2,1-2H3. The summed E-state index contributed by atoms with van der Waals surface area (Å²) in [5.41, 5.74) is 2.12. The van der Waals surface area contributed by atoms with Crippen LogP contribution in [0.2, 0.25) is 0 Å². The number of hydrogen-bond acceptors (Lipinski definition) is 2. The number of hydrogen-bond donors (Lipinski definition) is 0. The number of ether oxygens (including phenoxy) is 1. The summed E-state index contributed by atoms with van der Waals surface area (Å²) in [7, 11) is 1.40. The van der Waals surface area contributed by atoms with Crippen molar-refractivity contribution in [2.45, 2.75) is 18.2 Å². The summed E-state index contributed by atoms with van der Waals surface area (Å²) in [5, 5.41) is 0.804. The average molecular weight is 336 g/mol. The van der Waals surface area contributed by atoms with Crippen LogP contribution in [0.1, 0.15) is 24.0 Å². The van der Waals surface area contributed by atoms with Crippen molar-refractivity contribution in [1.82, 2.24) is 0 Å². The summed E-state index contributed by atoms with van der Waals surface area (Å²) in [5.74, 6) is -0.462. The highest BCUT2D eigenvalue weighted by molar-refractivity contribution is 9.10. The fourth-order valence-corrected chi connectivity index (χ4v) is 2.43. The molecule has 0 spiro atoms. The van der Waals surface area contributed by atoms with Gasteiger partial charge in [0.2, 0.25) is 0 Å². The zero-order valence-corrected chi connectivity index (χ0v) is 11.8. The lowest BCUT2D eigenvalue weighted by molar-refractivity contribution is -0.142. The van der Waals surface area contributed by atoms with Crippen LogP contribution in [0.5, 0.6) is 0 Å². The molecule has 0 aliphatic carbocycles. The Balaban J connectivity index is 3.00. The molecular weight excluding hydrogens is 324 g/mol. The second-order valence-corrected chi connectivity index (χ2v) is 4.65. The molecule has 2 nitrogen and oxygen atoms in total. The molecule has 0 aromatic heterocycles. The molecule has 1 aromatic carbocycles. The molecule has 4 heteroatoms. The molecule has 0 bridgehead atoms. The lowest BCUT2D eigenvalue weighted by Crippen LogP contribution is -2.11. The number of rotatable bonds is 3.